The Bertz CT molecular complexity index is 716. The van der Waals surface area contributed by atoms with E-state index >= 15 is 0 Å². The maximum atomic E-state index is 12.2. The number of allylic oxidation sites excluding steroid dienone is 3. The van der Waals surface area contributed by atoms with Gasteiger partial charge in [0.1, 0.15) is 11.3 Å². The van der Waals surface area contributed by atoms with Crippen LogP contribution in [0.1, 0.15) is 35.7 Å². The maximum Gasteiger partial charge on any atom is 0.342 e. The first-order valence-corrected chi connectivity index (χ1v) is 8.05. The largest absolute Gasteiger partial charge is 0.507 e. The molecule has 0 bridgehead atoms. The quantitative estimate of drug-likeness (QED) is 0.866. The average molecular weight is 316 g/mol. The number of phenolic OH excluding ortho intramolecular Hbond substituents is 1. The molecule has 1 heterocycles. The van der Waals surface area contributed by atoms with Gasteiger partial charge in [0.25, 0.3) is 0 Å². The van der Waals surface area contributed by atoms with E-state index in [0.717, 1.165) is 27.4 Å². The highest BCUT2D eigenvalue weighted by Gasteiger charge is 2.28. The minimum absolute atomic E-state index is 0.0552. The second-order valence-corrected chi connectivity index (χ2v) is 6.34. The Kier molecular flexibility index (Phi) is 4.07. The van der Waals surface area contributed by atoms with Gasteiger partial charge in [0.2, 0.25) is 0 Å². The van der Waals surface area contributed by atoms with Crippen molar-refractivity contribution in [1.29, 1.82) is 0 Å². The van der Waals surface area contributed by atoms with Gasteiger partial charge in [-0.05, 0) is 35.8 Å². The Morgan fingerprint density at radius 1 is 1.41 bits per heavy atom. The molecule has 0 fully saturated rings. The molecule has 2 aliphatic rings. The summed E-state index contributed by atoms with van der Waals surface area (Å²) in [6.07, 6.45) is 5.22. The minimum Gasteiger partial charge on any atom is -0.507 e. The zero-order valence-corrected chi connectivity index (χ0v) is 13.0. The molecule has 0 atom stereocenters. The molecular weight excluding hydrogens is 300 g/mol. The number of ketones is 1. The van der Waals surface area contributed by atoms with Gasteiger partial charge in [0.15, 0.2) is 5.78 Å². The molecule has 0 spiro atoms. The van der Waals surface area contributed by atoms with Crippen LogP contribution in [-0.2, 0) is 16.0 Å². The Morgan fingerprint density at radius 2 is 2.23 bits per heavy atom. The van der Waals surface area contributed by atoms with Crippen LogP contribution in [0.5, 0.6) is 5.75 Å². The van der Waals surface area contributed by atoms with Gasteiger partial charge in [-0.2, -0.15) is 0 Å². The second kappa shape index (κ2) is 6.01. The van der Waals surface area contributed by atoms with Gasteiger partial charge in [0.05, 0.1) is 6.61 Å². The molecule has 1 aromatic rings. The SMILES string of the molecule is CCCOC(=O)c1c(O)ccc2c1CC1=CCC(=O)C=C1S2. The number of fused-ring (bicyclic) bond motifs is 2. The third-order valence-electron chi connectivity index (χ3n) is 3.63. The molecule has 1 aliphatic heterocycles. The van der Waals surface area contributed by atoms with Crippen molar-refractivity contribution in [2.24, 2.45) is 0 Å². The predicted octanol–water partition coefficient (Wildman–Crippen LogP) is 3.39. The van der Waals surface area contributed by atoms with E-state index in [1.165, 1.54) is 17.8 Å². The summed E-state index contributed by atoms with van der Waals surface area (Å²) in [4.78, 5) is 25.6. The molecule has 1 aromatic carbocycles. The fourth-order valence-electron chi connectivity index (χ4n) is 2.57. The van der Waals surface area contributed by atoms with Gasteiger partial charge >= 0.3 is 5.97 Å². The number of esters is 1. The summed E-state index contributed by atoms with van der Waals surface area (Å²) in [5.74, 6) is -0.451. The van der Waals surface area contributed by atoms with Crippen molar-refractivity contribution in [3.05, 3.63) is 45.9 Å². The molecule has 114 valence electrons. The lowest BCUT2D eigenvalue weighted by Crippen LogP contribution is -2.15. The predicted molar refractivity (Wildman–Crippen MR) is 84.0 cm³/mol. The number of phenols is 1. The summed E-state index contributed by atoms with van der Waals surface area (Å²) < 4.78 is 5.18. The highest BCUT2D eigenvalue weighted by molar-refractivity contribution is 8.03. The first-order chi connectivity index (χ1) is 10.6. The Morgan fingerprint density at radius 3 is 3.00 bits per heavy atom. The highest BCUT2D eigenvalue weighted by Crippen LogP contribution is 2.45. The van der Waals surface area contributed by atoms with Crippen LogP contribution in [0.15, 0.2) is 39.7 Å². The lowest BCUT2D eigenvalue weighted by molar-refractivity contribution is -0.113. The number of benzene rings is 1. The monoisotopic (exact) mass is 316 g/mol. The molecule has 0 aromatic heterocycles. The van der Waals surface area contributed by atoms with Crippen LogP contribution in [0.25, 0.3) is 0 Å². The third kappa shape index (κ3) is 2.68. The van der Waals surface area contributed by atoms with E-state index in [-0.39, 0.29) is 17.1 Å². The van der Waals surface area contributed by atoms with E-state index < -0.39 is 5.97 Å². The Balaban J connectivity index is 2.02. The number of thioether (sulfide) groups is 1. The molecule has 3 rings (SSSR count). The summed E-state index contributed by atoms with van der Waals surface area (Å²) in [7, 11) is 0. The van der Waals surface area contributed by atoms with Crippen molar-refractivity contribution in [1.82, 2.24) is 0 Å². The smallest absolute Gasteiger partial charge is 0.342 e. The molecule has 0 saturated carbocycles. The summed E-state index contributed by atoms with van der Waals surface area (Å²) in [6.45, 7) is 2.25. The van der Waals surface area contributed by atoms with E-state index in [1.807, 2.05) is 13.0 Å². The zero-order chi connectivity index (χ0) is 15.7. The van der Waals surface area contributed by atoms with Crippen LogP contribution in [0, 0.1) is 0 Å². The topological polar surface area (TPSA) is 63.6 Å². The molecule has 0 unspecified atom stereocenters. The molecule has 0 amide bonds. The molecule has 0 radical (unpaired) electrons. The number of carbonyl (C=O) groups excluding carboxylic acids is 2. The standard InChI is InChI=1S/C17H16O4S/c1-2-7-21-17(20)16-12-8-10-3-4-11(18)9-15(10)22-14(12)6-5-13(16)19/h3,5-6,9,19H,2,4,7-8H2,1H3. The van der Waals surface area contributed by atoms with Crippen LogP contribution in [0.3, 0.4) is 0 Å². The maximum absolute atomic E-state index is 12.2. The lowest BCUT2D eigenvalue weighted by Gasteiger charge is -2.25. The molecule has 22 heavy (non-hydrogen) atoms. The van der Waals surface area contributed by atoms with Crippen molar-refractivity contribution in [2.75, 3.05) is 6.61 Å². The van der Waals surface area contributed by atoms with Crippen LogP contribution in [-0.4, -0.2) is 23.5 Å². The number of rotatable bonds is 3. The highest BCUT2D eigenvalue weighted by atomic mass is 32.2. The fourth-order valence-corrected chi connectivity index (χ4v) is 3.71. The van der Waals surface area contributed by atoms with Crippen LogP contribution in [0.4, 0.5) is 0 Å². The summed E-state index contributed by atoms with van der Waals surface area (Å²) >= 11 is 1.46. The van der Waals surface area contributed by atoms with Crippen molar-refractivity contribution in [3.63, 3.8) is 0 Å². The van der Waals surface area contributed by atoms with E-state index in [9.17, 15) is 14.7 Å². The Hall–Kier alpha value is -2.01. The average Bonchev–Trinajstić information content (AvgIpc) is 2.50. The first kappa shape index (κ1) is 14.9. The van der Waals surface area contributed by atoms with Gasteiger partial charge in [-0.3, -0.25) is 4.79 Å². The molecule has 0 saturated heterocycles. The van der Waals surface area contributed by atoms with Crippen molar-refractivity contribution in [2.45, 2.75) is 31.1 Å². The number of carbonyl (C=O) groups is 2. The first-order valence-electron chi connectivity index (χ1n) is 7.24. The van der Waals surface area contributed by atoms with Crippen molar-refractivity contribution in [3.8, 4) is 5.75 Å². The van der Waals surface area contributed by atoms with Gasteiger partial charge in [-0.1, -0.05) is 24.8 Å². The molecule has 5 heteroatoms. The van der Waals surface area contributed by atoms with E-state index in [4.69, 9.17) is 4.74 Å². The summed E-state index contributed by atoms with van der Waals surface area (Å²) in [5.41, 5.74) is 2.06. The molecular formula is C17H16O4S. The van der Waals surface area contributed by atoms with Crippen LogP contribution < -0.4 is 0 Å². The fraction of sp³-hybridized carbons (Fsp3) is 0.294. The van der Waals surface area contributed by atoms with Crippen molar-refractivity contribution >= 4 is 23.5 Å². The van der Waals surface area contributed by atoms with Gasteiger partial charge in [0, 0.05) is 22.6 Å². The Labute approximate surface area is 132 Å². The molecule has 1 aliphatic carbocycles. The van der Waals surface area contributed by atoms with Gasteiger partial charge in [-0.25, -0.2) is 4.79 Å². The minimum atomic E-state index is -0.489. The molecule has 4 nitrogen and oxygen atoms in total. The normalized spacial score (nSPS) is 16.3. The molecule has 1 N–H and O–H groups in total. The summed E-state index contributed by atoms with van der Waals surface area (Å²) in [6, 6.07) is 3.29. The number of ether oxygens (including phenoxy) is 1. The number of aromatic hydroxyl groups is 1. The third-order valence-corrected chi connectivity index (χ3v) is 4.84. The zero-order valence-electron chi connectivity index (χ0n) is 12.2. The van der Waals surface area contributed by atoms with Crippen LogP contribution in [0.2, 0.25) is 0 Å². The van der Waals surface area contributed by atoms with Gasteiger partial charge < -0.3 is 9.84 Å². The van der Waals surface area contributed by atoms with E-state index in [2.05, 4.69) is 0 Å². The summed E-state index contributed by atoms with van der Waals surface area (Å²) in [5, 5.41) is 10.1. The van der Waals surface area contributed by atoms with Crippen molar-refractivity contribution < 1.29 is 19.4 Å². The van der Waals surface area contributed by atoms with E-state index in [1.54, 1.807) is 12.1 Å². The van der Waals surface area contributed by atoms with Crippen LogP contribution >= 0.6 is 11.8 Å². The van der Waals surface area contributed by atoms with Gasteiger partial charge in [-0.15, -0.1) is 0 Å². The lowest BCUT2D eigenvalue weighted by atomic mass is 9.94. The second-order valence-electron chi connectivity index (χ2n) is 5.26. The van der Waals surface area contributed by atoms with E-state index in [0.29, 0.717) is 19.4 Å². The number of hydrogen-bond acceptors (Lipinski definition) is 5. The number of hydrogen-bond donors (Lipinski definition) is 1.